The molecular formula is C8H22F11O3Ti2+. The van der Waals surface area contributed by atoms with Crippen molar-refractivity contribution in [3.63, 3.8) is 0 Å². The third-order valence-corrected chi connectivity index (χ3v) is 0. The Balaban J connectivity index is -0.00000000920. The molecule has 156 valence electrons. The average molecular weight is 471 g/mol. The largest absolute Gasteiger partial charge is 2.00 e. The molecule has 0 heterocycles. The minimum Gasteiger partial charge on any atom is -0.412 e. The monoisotopic (exact) mass is 471 g/mol. The minimum atomic E-state index is -5.50. The van der Waals surface area contributed by atoms with E-state index in [1.54, 1.807) is 0 Å². The van der Waals surface area contributed by atoms with Gasteiger partial charge in [0, 0.05) is 21.7 Å². The van der Waals surface area contributed by atoms with Crippen molar-refractivity contribution in [3.05, 3.63) is 6.92 Å². The van der Waals surface area contributed by atoms with Crippen molar-refractivity contribution < 1.29 is 108 Å². The van der Waals surface area contributed by atoms with Gasteiger partial charge in [0.05, 0.1) is 7.18 Å². The maximum atomic E-state index is 10.2. The summed E-state index contributed by atoms with van der Waals surface area (Å²) in [4.78, 5) is 0. The Labute approximate surface area is 163 Å². The number of hydrogen-bond acceptors (Lipinski definition) is 1. The Morgan fingerprint density at radius 1 is 0.792 bits per heavy atom. The fourth-order valence-electron chi connectivity index (χ4n) is 0. The molecule has 0 bridgehead atoms. The smallest absolute Gasteiger partial charge is 0.412 e. The molecule has 0 saturated carbocycles. The van der Waals surface area contributed by atoms with Gasteiger partial charge in [0.2, 0.25) is 13.9 Å². The molecule has 0 aliphatic carbocycles. The van der Waals surface area contributed by atoms with Gasteiger partial charge in [-0.1, -0.05) is 7.43 Å². The van der Waals surface area contributed by atoms with E-state index >= 15 is 0 Å². The van der Waals surface area contributed by atoms with Crippen LogP contribution < -0.4 is 0 Å². The zero-order chi connectivity index (χ0) is 17.3. The molecule has 0 saturated heterocycles. The van der Waals surface area contributed by atoms with Gasteiger partial charge in [0.1, 0.15) is 0 Å². The SMILES string of the molecule is C.CF.FC(F)(F)F.FCF.FCF.O.O.OCF.[CH2-]CF.[Ti+2].[Ti]. The predicted octanol–water partition coefficient (Wildman–Crippen LogP) is 3.50. The summed E-state index contributed by atoms with van der Waals surface area (Å²) in [6.07, 6.45) is -5.50. The van der Waals surface area contributed by atoms with Crippen LogP contribution >= 0.6 is 0 Å². The minimum absolute atomic E-state index is 0. The summed E-state index contributed by atoms with van der Waals surface area (Å²) in [7, 11) is 0.500. The Morgan fingerprint density at radius 3 is 0.792 bits per heavy atom. The van der Waals surface area contributed by atoms with E-state index in [2.05, 4.69) is 6.92 Å². The normalized spacial score (nSPS) is 5.75. The van der Waals surface area contributed by atoms with E-state index in [1.807, 2.05) is 0 Å². The van der Waals surface area contributed by atoms with Crippen molar-refractivity contribution in [2.24, 2.45) is 0 Å². The van der Waals surface area contributed by atoms with E-state index in [1.165, 1.54) is 0 Å². The molecule has 0 radical (unpaired) electrons. The van der Waals surface area contributed by atoms with Crippen molar-refractivity contribution in [3.8, 4) is 0 Å². The zero-order valence-electron chi connectivity index (χ0n) is 11.6. The topological polar surface area (TPSA) is 83.2 Å². The molecule has 0 aliphatic rings. The quantitative estimate of drug-likeness (QED) is 0.328. The van der Waals surface area contributed by atoms with E-state index in [-0.39, 0.29) is 61.8 Å². The van der Waals surface area contributed by atoms with E-state index in [4.69, 9.17) is 5.11 Å². The second kappa shape index (κ2) is 108. The van der Waals surface area contributed by atoms with Crippen molar-refractivity contribution in [1.82, 2.24) is 0 Å². The number of hydrogen-bond donors (Lipinski definition) is 1. The van der Waals surface area contributed by atoms with Gasteiger partial charge in [-0.2, -0.15) is 0 Å². The first kappa shape index (κ1) is 74.2. The fraction of sp³-hybridized carbons (Fsp3) is 0.875. The first-order valence-electron chi connectivity index (χ1n) is 3.55. The molecule has 0 fully saturated rings. The zero-order valence-corrected chi connectivity index (χ0v) is 14.8. The molecule has 24 heavy (non-hydrogen) atoms. The molecule has 16 heteroatoms. The molecule has 0 rings (SSSR count). The second-order valence-electron chi connectivity index (χ2n) is 0.939. The molecule has 0 spiro atoms. The number of rotatable bonds is 0. The predicted molar refractivity (Wildman–Crippen MR) is 61.8 cm³/mol. The number of aliphatic hydroxyl groups is 1. The average Bonchev–Trinajstić information content (AvgIpc) is 2.22. The van der Waals surface area contributed by atoms with Gasteiger partial charge in [0.15, 0.2) is 6.86 Å². The standard InChI is InChI=1S/C2H4F.CF4.2CH2F2.CH3FO.CH3F.CH4.2H2O.2Ti/c1-2-3;2-1(3,4)5;3*2-1-3;1-2;;;;;/h1-2H2;;2*1H2;3H,1H2;1H3;1H4;2*1H2;;/q-1;;;;;;;;;;+2. The molecule has 0 aromatic rings. The van der Waals surface area contributed by atoms with Crippen molar-refractivity contribution in [2.75, 3.05) is 34.6 Å². The molecule has 0 atom stereocenters. The Kier molecular flexibility index (Phi) is 333. The van der Waals surface area contributed by atoms with E-state index in [9.17, 15) is 48.3 Å². The van der Waals surface area contributed by atoms with Crippen molar-refractivity contribution in [1.29, 1.82) is 0 Å². The van der Waals surface area contributed by atoms with Gasteiger partial charge in [-0.25, -0.2) is 22.0 Å². The van der Waals surface area contributed by atoms with Crippen molar-refractivity contribution >= 4 is 0 Å². The molecule has 0 aromatic heterocycles. The van der Waals surface area contributed by atoms with E-state index < -0.39 is 33.8 Å². The van der Waals surface area contributed by atoms with Gasteiger partial charge in [0.25, 0.3) is 0 Å². The van der Waals surface area contributed by atoms with Gasteiger partial charge >= 0.3 is 28.1 Å². The summed E-state index contributed by atoms with van der Waals surface area (Å²) in [5.74, 6) is 0. The fourth-order valence-corrected chi connectivity index (χ4v) is 0. The van der Waals surface area contributed by atoms with Crippen LogP contribution in [0, 0.1) is 6.92 Å². The summed E-state index contributed by atoms with van der Waals surface area (Å²) in [6, 6.07) is 0. The van der Waals surface area contributed by atoms with Crippen LogP contribution in [0.4, 0.5) is 48.3 Å². The molecule has 3 nitrogen and oxygen atoms in total. The number of aliphatic hydroxyl groups excluding tert-OH is 1. The molecule has 0 amide bonds. The first-order valence-corrected chi connectivity index (χ1v) is 3.55. The van der Waals surface area contributed by atoms with Gasteiger partial charge < -0.3 is 23.0 Å². The van der Waals surface area contributed by atoms with Crippen LogP contribution in [0.25, 0.3) is 0 Å². The first-order chi connectivity index (χ1) is 8.66. The van der Waals surface area contributed by atoms with Crippen LogP contribution in [-0.2, 0) is 43.4 Å². The summed E-state index contributed by atoms with van der Waals surface area (Å²) >= 11 is 0. The molecular weight excluding hydrogens is 449 g/mol. The summed E-state index contributed by atoms with van der Waals surface area (Å²) in [5.41, 5.74) is 0. The third kappa shape index (κ3) is 36000. The van der Waals surface area contributed by atoms with Gasteiger partial charge in [-0.3, -0.25) is 8.78 Å². The van der Waals surface area contributed by atoms with Crippen LogP contribution in [-0.4, -0.2) is 57.1 Å². The maximum Gasteiger partial charge on any atom is 2.00 e. The van der Waals surface area contributed by atoms with Crippen LogP contribution in [0.15, 0.2) is 0 Å². The van der Waals surface area contributed by atoms with E-state index in [0.29, 0.717) is 7.18 Å². The third-order valence-electron chi connectivity index (χ3n) is 0. The molecule has 0 aliphatic heterocycles. The summed E-state index contributed by atoms with van der Waals surface area (Å²) in [5, 5.41) is 6.90. The second-order valence-corrected chi connectivity index (χ2v) is 0.939. The van der Waals surface area contributed by atoms with Crippen LogP contribution in [0.5, 0.6) is 0 Å². The van der Waals surface area contributed by atoms with Crippen LogP contribution in [0.1, 0.15) is 7.43 Å². The van der Waals surface area contributed by atoms with Crippen LogP contribution in [0.3, 0.4) is 0 Å². The summed E-state index contributed by atoms with van der Waals surface area (Å²) < 4.78 is 107. The Bertz CT molecular complexity index is 84.2. The molecule has 5 N–H and O–H groups in total. The Hall–Kier alpha value is 0.539. The van der Waals surface area contributed by atoms with Crippen LogP contribution in [0.2, 0.25) is 0 Å². The van der Waals surface area contributed by atoms with E-state index in [0.717, 1.165) is 0 Å². The maximum absolute atomic E-state index is 10.2. The Morgan fingerprint density at radius 2 is 0.792 bits per heavy atom. The summed E-state index contributed by atoms with van der Waals surface area (Å²) in [6.45, 7) is -2.43. The molecule has 0 aromatic carbocycles. The van der Waals surface area contributed by atoms with Gasteiger partial charge in [-0.15, -0.1) is 17.6 Å². The molecule has 0 unspecified atom stereocenters. The van der Waals surface area contributed by atoms with Crippen molar-refractivity contribution in [2.45, 2.75) is 13.9 Å². The van der Waals surface area contributed by atoms with Gasteiger partial charge in [-0.05, 0) is 6.67 Å². The number of alkyl halides is 11. The number of halogens is 11.